The fraction of sp³-hybridized carbons (Fsp3) is 0.467. The van der Waals surface area contributed by atoms with Crippen molar-refractivity contribution in [1.82, 2.24) is 15.5 Å². The molecule has 0 aliphatic rings. The van der Waals surface area contributed by atoms with Crippen molar-refractivity contribution >= 4 is 0 Å². The molecule has 0 amide bonds. The highest BCUT2D eigenvalue weighted by atomic mass is 19.1. The summed E-state index contributed by atoms with van der Waals surface area (Å²) in [4.78, 5) is 4.22. The van der Waals surface area contributed by atoms with Crippen LogP contribution < -0.4 is 5.32 Å². The van der Waals surface area contributed by atoms with Gasteiger partial charge in [-0.3, -0.25) is 0 Å². The zero-order valence-corrected chi connectivity index (χ0v) is 12.2. The number of nitrogens with one attached hydrogen (secondary N) is 1. The summed E-state index contributed by atoms with van der Waals surface area (Å²) in [6, 6.07) is 3.45. The van der Waals surface area contributed by atoms with E-state index in [9.17, 15) is 8.78 Å². The Morgan fingerprint density at radius 1 is 1.19 bits per heavy atom. The molecule has 0 bridgehead atoms. The van der Waals surface area contributed by atoms with E-state index in [2.05, 4.69) is 22.4 Å². The third kappa shape index (κ3) is 4.32. The number of benzene rings is 1. The average molecular weight is 295 g/mol. The topological polar surface area (TPSA) is 51.0 Å². The highest BCUT2D eigenvalue weighted by Crippen LogP contribution is 2.19. The van der Waals surface area contributed by atoms with Gasteiger partial charge in [-0.05, 0) is 25.1 Å². The van der Waals surface area contributed by atoms with Gasteiger partial charge < -0.3 is 9.84 Å². The summed E-state index contributed by atoms with van der Waals surface area (Å²) in [5, 5.41) is 7.15. The van der Waals surface area contributed by atoms with Crippen molar-refractivity contribution in [1.29, 1.82) is 0 Å². The van der Waals surface area contributed by atoms with Gasteiger partial charge in [0.1, 0.15) is 11.6 Å². The lowest BCUT2D eigenvalue weighted by atomic mass is 10.1. The first-order valence-electron chi connectivity index (χ1n) is 7.14. The number of aromatic nitrogens is 2. The monoisotopic (exact) mass is 295 g/mol. The van der Waals surface area contributed by atoms with Crippen LogP contribution in [-0.2, 0) is 6.42 Å². The van der Waals surface area contributed by atoms with Gasteiger partial charge in [-0.2, -0.15) is 4.98 Å². The van der Waals surface area contributed by atoms with Gasteiger partial charge in [0.25, 0.3) is 0 Å². The van der Waals surface area contributed by atoms with Gasteiger partial charge in [0.15, 0.2) is 0 Å². The van der Waals surface area contributed by atoms with E-state index in [-0.39, 0.29) is 17.4 Å². The van der Waals surface area contributed by atoms with Gasteiger partial charge in [0.05, 0.1) is 0 Å². The minimum atomic E-state index is -0.659. The van der Waals surface area contributed by atoms with Crippen LogP contribution in [0.1, 0.15) is 32.6 Å². The number of hydrogen-bond acceptors (Lipinski definition) is 4. The summed E-state index contributed by atoms with van der Waals surface area (Å²) in [6.07, 6.45) is 2.65. The Hall–Kier alpha value is -1.82. The maximum atomic E-state index is 13.2. The van der Waals surface area contributed by atoms with Crippen molar-refractivity contribution in [2.24, 2.45) is 0 Å². The summed E-state index contributed by atoms with van der Waals surface area (Å²) >= 11 is 0. The van der Waals surface area contributed by atoms with E-state index in [1.165, 1.54) is 12.1 Å². The highest BCUT2D eigenvalue weighted by molar-refractivity contribution is 5.54. The molecule has 0 aliphatic heterocycles. The quantitative estimate of drug-likeness (QED) is 0.851. The summed E-state index contributed by atoms with van der Waals surface area (Å²) in [5.41, 5.74) is 0.276. The first-order valence-corrected chi connectivity index (χ1v) is 7.14. The van der Waals surface area contributed by atoms with Gasteiger partial charge in [0, 0.05) is 24.1 Å². The summed E-state index contributed by atoms with van der Waals surface area (Å²) in [6.45, 7) is 5.01. The lowest BCUT2D eigenvalue weighted by Crippen LogP contribution is -2.30. The van der Waals surface area contributed by atoms with Crippen LogP contribution in [0.2, 0.25) is 0 Å². The van der Waals surface area contributed by atoms with Crippen LogP contribution >= 0.6 is 0 Å². The van der Waals surface area contributed by atoms with Crippen molar-refractivity contribution in [2.75, 3.05) is 6.54 Å². The zero-order valence-electron chi connectivity index (χ0n) is 12.2. The van der Waals surface area contributed by atoms with E-state index in [1.54, 1.807) is 0 Å². The minimum Gasteiger partial charge on any atom is -0.339 e. The lowest BCUT2D eigenvalue weighted by molar-refractivity contribution is 0.352. The largest absolute Gasteiger partial charge is 0.339 e. The Balaban J connectivity index is 2.13. The molecule has 0 spiro atoms. The van der Waals surface area contributed by atoms with Crippen LogP contribution in [0, 0.1) is 11.6 Å². The number of halogens is 2. The average Bonchev–Trinajstić information content (AvgIpc) is 2.87. The van der Waals surface area contributed by atoms with Crippen LogP contribution in [0.15, 0.2) is 22.7 Å². The Bertz CT molecular complexity index is 560. The molecule has 1 aromatic heterocycles. The Morgan fingerprint density at radius 3 is 2.52 bits per heavy atom. The molecule has 114 valence electrons. The Labute approximate surface area is 122 Å². The molecule has 0 saturated heterocycles. The maximum Gasteiger partial charge on any atom is 0.228 e. The van der Waals surface area contributed by atoms with Crippen LogP contribution in [0.3, 0.4) is 0 Å². The lowest BCUT2D eigenvalue weighted by Gasteiger charge is -2.14. The molecular formula is C15H19F2N3O. The fourth-order valence-corrected chi connectivity index (χ4v) is 2.26. The van der Waals surface area contributed by atoms with Gasteiger partial charge in [-0.15, -0.1) is 0 Å². The van der Waals surface area contributed by atoms with Crippen molar-refractivity contribution in [2.45, 2.75) is 39.2 Å². The second-order valence-corrected chi connectivity index (χ2v) is 4.92. The summed E-state index contributed by atoms with van der Waals surface area (Å²) < 4.78 is 31.6. The molecule has 1 unspecified atom stereocenters. The standard InChI is InChI=1S/C15H19F2N3O/c1-3-5-13(18-4-2)9-14-19-15(20-21-14)10-6-11(16)8-12(17)7-10/h6-8,13,18H,3-5,9H2,1-2H3. The Morgan fingerprint density at radius 2 is 1.90 bits per heavy atom. The van der Waals surface area contributed by atoms with Crippen LogP contribution in [0.4, 0.5) is 8.78 Å². The second-order valence-electron chi connectivity index (χ2n) is 4.92. The molecule has 1 N–H and O–H groups in total. The second kappa shape index (κ2) is 7.26. The summed E-state index contributed by atoms with van der Waals surface area (Å²) in [7, 11) is 0. The van der Waals surface area contributed by atoms with Gasteiger partial charge >= 0.3 is 0 Å². The molecule has 1 aromatic carbocycles. The number of likely N-dealkylation sites (N-methyl/N-ethyl adjacent to an activating group) is 1. The predicted octanol–water partition coefficient (Wildman–Crippen LogP) is 3.34. The number of rotatable bonds is 7. The first kappa shape index (κ1) is 15.6. The fourth-order valence-electron chi connectivity index (χ4n) is 2.26. The smallest absolute Gasteiger partial charge is 0.228 e. The molecule has 0 saturated carbocycles. The zero-order chi connectivity index (χ0) is 15.2. The number of nitrogens with zero attached hydrogens (tertiary/aromatic N) is 2. The van der Waals surface area contributed by atoms with Crippen molar-refractivity contribution in [3.63, 3.8) is 0 Å². The highest BCUT2D eigenvalue weighted by Gasteiger charge is 2.15. The van der Waals surface area contributed by atoms with E-state index in [1.807, 2.05) is 6.92 Å². The minimum absolute atomic E-state index is 0.204. The predicted molar refractivity (Wildman–Crippen MR) is 75.7 cm³/mol. The van der Waals surface area contributed by atoms with Gasteiger partial charge in [-0.1, -0.05) is 25.4 Å². The van der Waals surface area contributed by atoms with E-state index in [0.717, 1.165) is 25.5 Å². The molecule has 2 aromatic rings. The normalized spacial score (nSPS) is 12.6. The third-order valence-corrected chi connectivity index (χ3v) is 3.14. The molecule has 0 aliphatic carbocycles. The molecule has 1 heterocycles. The molecule has 0 fully saturated rings. The van der Waals surface area contributed by atoms with E-state index >= 15 is 0 Å². The van der Waals surface area contributed by atoms with E-state index in [0.29, 0.717) is 12.3 Å². The molecular weight excluding hydrogens is 276 g/mol. The van der Waals surface area contributed by atoms with Gasteiger partial charge in [-0.25, -0.2) is 8.78 Å². The molecule has 0 radical (unpaired) electrons. The molecule has 4 nitrogen and oxygen atoms in total. The Kier molecular flexibility index (Phi) is 5.38. The van der Waals surface area contributed by atoms with Crippen LogP contribution in [0.5, 0.6) is 0 Å². The molecule has 2 rings (SSSR count). The van der Waals surface area contributed by atoms with Crippen LogP contribution in [-0.4, -0.2) is 22.7 Å². The number of hydrogen-bond donors (Lipinski definition) is 1. The van der Waals surface area contributed by atoms with Crippen molar-refractivity contribution in [3.05, 3.63) is 35.7 Å². The van der Waals surface area contributed by atoms with E-state index < -0.39 is 11.6 Å². The maximum absolute atomic E-state index is 13.2. The van der Waals surface area contributed by atoms with Crippen molar-refractivity contribution in [3.8, 4) is 11.4 Å². The first-order chi connectivity index (χ1) is 10.1. The molecule has 1 atom stereocenters. The molecule has 6 heteroatoms. The van der Waals surface area contributed by atoms with Crippen LogP contribution in [0.25, 0.3) is 11.4 Å². The van der Waals surface area contributed by atoms with Crippen molar-refractivity contribution < 1.29 is 13.3 Å². The van der Waals surface area contributed by atoms with Gasteiger partial charge in [0.2, 0.25) is 11.7 Å². The summed E-state index contributed by atoms with van der Waals surface area (Å²) in [5.74, 6) is -0.648. The SMILES string of the molecule is CCCC(Cc1nc(-c2cc(F)cc(F)c2)no1)NCC. The van der Waals surface area contributed by atoms with E-state index in [4.69, 9.17) is 4.52 Å². The third-order valence-electron chi connectivity index (χ3n) is 3.14. The molecule has 21 heavy (non-hydrogen) atoms.